The van der Waals surface area contributed by atoms with Crippen LogP contribution in [0.2, 0.25) is 0 Å². The van der Waals surface area contributed by atoms with E-state index < -0.39 is 0 Å². The van der Waals surface area contributed by atoms with Gasteiger partial charge >= 0.3 is 0 Å². The molecule has 1 fully saturated rings. The Morgan fingerprint density at radius 2 is 2.07 bits per heavy atom. The van der Waals surface area contributed by atoms with E-state index in [0.717, 1.165) is 29.7 Å². The Morgan fingerprint density at radius 3 is 2.73 bits per heavy atom. The summed E-state index contributed by atoms with van der Waals surface area (Å²) in [4.78, 5) is 0. The third kappa shape index (κ3) is 2.32. The van der Waals surface area contributed by atoms with Crippen LogP contribution in [0.1, 0.15) is 36.8 Å². The summed E-state index contributed by atoms with van der Waals surface area (Å²) in [6, 6.07) is 5.95. The van der Waals surface area contributed by atoms with Crippen LogP contribution in [0.15, 0.2) is 18.2 Å². The van der Waals surface area contributed by atoms with Crippen molar-refractivity contribution in [3.05, 3.63) is 29.3 Å². The molecular formula is C13H18O2. The standard InChI is InChI=1S/C13H18O2/c1-10-5-4-8-13(12(10)9-14)15-11-6-2-3-7-11/h4-5,8,11,14H,2-3,6-7,9H2,1H3. The number of aryl methyl sites for hydroxylation is 1. The first-order chi connectivity index (χ1) is 7.31. The Labute approximate surface area is 90.9 Å². The molecule has 1 saturated carbocycles. The Morgan fingerprint density at radius 1 is 1.33 bits per heavy atom. The fourth-order valence-corrected chi connectivity index (χ4v) is 2.17. The minimum absolute atomic E-state index is 0.0642. The van der Waals surface area contributed by atoms with Gasteiger partial charge in [0.15, 0.2) is 0 Å². The summed E-state index contributed by atoms with van der Waals surface area (Å²) >= 11 is 0. The molecule has 15 heavy (non-hydrogen) atoms. The number of benzene rings is 1. The lowest BCUT2D eigenvalue weighted by Crippen LogP contribution is -2.12. The Balaban J connectivity index is 2.15. The van der Waals surface area contributed by atoms with Gasteiger partial charge in [-0.2, -0.15) is 0 Å². The minimum atomic E-state index is 0.0642. The number of aliphatic hydroxyl groups is 1. The Bertz CT molecular complexity index is 327. The number of ether oxygens (including phenoxy) is 1. The van der Waals surface area contributed by atoms with Gasteiger partial charge in [0.2, 0.25) is 0 Å². The van der Waals surface area contributed by atoms with Crippen molar-refractivity contribution >= 4 is 0 Å². The van der Waals surface area contributed by atoms with Crippen LogP contribution in [0, 0.1) is 6.92 Å². The molecule has 1 aromatic carbocycles. The van der Waals surface area contributed by atoms with Crippen molar-refractivity contribution in [2.45, 2.75) is 45.3 Å². The average molecular weight is 206 g/mol. The van der Waals surface area contributed by atoms with Crippen LogP contribution in [0.5, 0.6) is 5.75 Å². The van der Waals surface area contributed by atoms with Crippen molar-refractivity contribution < 1.29 is 9.84 Å². The molecule has 0 bridgehead atoms. The molecule has 1 aliphatic carbocycles. The van der Waals surface area contributed by atoms with E-state index in [1.54, 1.807) is 0 Å². The van der Waals surface area contributed by atoms with E-state index in [2.05, 4.69) is 0 Å². The number of hydrogen-bond acceptors (Lipinski definition) is 2. The van der Waals surface area contributed by atoms with E-state index in [0.29, 0.717) is 6.10 Å². The molecule has 0 aliphatic heterocycles. The lowest BCUT2D eigenvalue weighted by atomic mass is 10.1. The Hall–Kier alpha value is -1.02. The lowest BCUT2D eigenvalue weighted by Gasteiger charge is -2.16. The maximum absolute atomic E-state index is 9.29. The van der Waals surface area contributed by atoms with E-state index in [1.165, 1.54) is 12.8 Å². The van der Waals surface area contributed by atoms with Crippen LogP contribution in [-0.2, 0) is 6.61 Å². The van der Waals surface area contributed by atoms with Gasteiger partial charge in [-0.15, -0.1) is 0 Å². The predicted octanol–water partition coefficient (Wildman–Crippen LogP) is 2.81. The van der Waals surface area contributed by atoms with Gasteiger partial charge in [-0.05, 0) is 44.2 Å². The zero-order chi connectivity index (χ0) is 10.7. The van der Waals surface area contributed by atoms with Crippen molar-refractivity contribution in [1.29, 1.82) is 0 Å². The minimum Gasteiger partial charge on any atom is -0.490 e. The molecule has 0 radical (unpaired) electrons. The smallest absolute Gasteiger partial charge is 0.125 e. The summed E-state index contributed by atoms with van der Waals surface area (Å²) in [6.45, 7) is 2.07. The molecule has 82 valence electrons. The summed E-state index contributed by atoms with van der Waals surface area (Å²) in [5, 5.41) is 9.29. The lowest BCUT2D eigenvalue weighted by molar-refractivity contribution is 0.199. The van der Waals surface area contributed by atoms with Crippen molar-refractivity contribution in [1.82, 2.24) is 0 Å². The highest BCUT2D eigenvalue weighted by Gasteiger charge is 2.18. The van der Waals surface area contributed by atoms with Crippen molar-refractivity contribution in [3.63, 3.8) is 0 Å². The normalized spacial score (nSPS) is 16.9. The van der Waals surface area contributed by atoms with Gasteiger partial charge in [-0.1, -0.05) is 12.1 Å². The van der Waals surface area contributed by atoms with Crippen LogP contribution in [0.3, 0.4) is 0 Å². The molecule has 2 nitrogen and oxygen atoms in total. The maximum atomic E-state index is 9.29. The molecule has 0 atom stereocenters. The summed E-state index contributed by atoms with van der Waals surface area (Å²) in [5.74, 6) is 0.865. The predicted molar refractivity (Wildman–Crippen MR) is 60.0 cm³/mol. The third-order valence-electron chi connectivity index (χ3n) is 3.12. The molecule has 1 aliphatic rings. The molecule has 0 saturated heterocycles. The SMILES string of the molecule is Cc1cccc(OC2CCCC2)c1CO. The Kier molecular flexibility index (Phi) is 3.27. The van der Waals surface area contributed by atoms with E-state index in [4.69, 9.17) is 4.74 Å². The third-order valence-corrected chi connectivity index (χ3v) is 3.12. The van der Waals surface area contributed by atoms with Crippen LogP contribution in [0.4, 0.5) is 0 Å². The first kappa shape index (κ1) is 10.5. The maximum Gasteiger partial charge on any atom is 0.125 e. The monoisotopic (exact) mass is 206 g/mol. The summed E-state index contributed by atoms with van der Waals surface area (Å²) in [7, 11) is 0. The highest BCUT2D eigenvalue weighted by atomic mass is 16.5. The second-order valence-corrected chi connectivity index (χ2v) is 4.23. The van der Waals surface area contributed by atoms with Gasteiger partial charge in [0, 0.05) is 5.56 Å². The molecule has 2 heteroatoms. The van der Waals surface area contributed by atoms with Crippen LogP contribution >= 0.6 is 0 Å². The van der Waals surface area contributed by atoms with Gasteiger partial charge < -0.3 is 9.84 Å². The van der Waals surface area contributed by atoms with Crippen molar-refractivity contribution in [2.24, 2.45) is 0 Å². The van der Waals surface area contributed by atoms with Gasteiger partial charge in [-0.3, -0.25) is 0 Å². The van der Waals surface area contributed by atoms with Gasteiger partial charge in [0.25, 0.3) is 0 Å². The molecule has 0 amide bonds. The van der Waals surface area contributed by atoms with E-state index in [-0.39, 0.29) is 6.61 Å². The molecule has 2 rings (SSSR count). The first-order valence-corrected chi connectivity index (χ1v) is 5.67. The zero-order valence-corrected chi connectivity index (χ0v) is 9.20. The quantitative estimate of drug-likeness (QED) is 0.824. The highest BCUT2D eigenvalue weighted by molar-refractivity contribution is 5.39. The number of aliphatic hydroxyl groups excluding tert-OH is 1. The van der Waals surface area contributed by atoms with Crippen LogP contribution in [-0.4, -0.2) is 11.2 Å². The van der Waals surface area contributed by atoms with E-state index in [1.807, 2.05) is 25.1 Å². The largest absolute Gasteiger partial charge is 0.490 e. The van der Waals surface area contributed by atoms with Crippen molar-refractivity contribution in [2.75, 3.05) is 0 Å². The van der Waals surface area contributed by atoms with Crippen molar-refractivity contribution in [3.8, 4) is 5.75 Å². The van der Waals surface area contributed by atoms with E-state index >= 15 is 0 Å². The fraction of sp³-hybridized carbons (Fsp3) is 0.538. The summed E-state index contributed by atoms with van der Waals surface area (Å²) in [6.07, 6.45) is 5.20. The molecule has 1 aromatic rings. The molecule has 0 unspecified atom stereocenters. The first-order valence-electron chi connectivity index (χ1n) is 5.67. The second kappa shape index (κ2) is 4.67. The van der Waals surface area contributed by atoms with Crippen LogP contribution < -0.4 is 4.74 Å². The van der Waals surface area contributed by atoms with Gasteiger partial charge in [-0.25, -0.2) is 0 Å². The summed E-state index contributed by atoms with van der Waals surface area (Å²) in [5.41, 5.74) is 2.04. The second-order valence-electron chi connectivity index (χ2n) is 4.23. The topological polar surface area (TPSA) is 29.5 Å². The molecule has 0 aromatic heterocycles. The molecule has 1 N–H and O–H groups in total. The average Bonchev–Trinajstić information content (AvgIpc) is 2.71. The number of rotatable bonds is 3. The highest BCUT2D eigenvalue weighted by Crippen LogP contribution is 2.28. The summed E-state index contributed by atoms with van der Waals surface area (Å²) < 4.78 is 5.92. The zero-order valence-electron chi connectivity index (χ0n) is 9.20. The van der Waals surface area contributed by atoms with Gasteiger partial charge in [0.1, 0.15) is 5.75 Å². The molecule has 0 spiro atoms. The van der Waals surface area contributed by atoms with Gasteiger partial charge in [0.05, 0.1) is 12.7 Å². The van der Waals surface area contributed by atoms with E-state index in [9.17, 15) is 5.11 Å². The fourth-order valence-electron chi connectivity index (χ4n) is 2.17. The molecule has 0 heterocycles. The molecular weight excluding hydrogens is 188 g/mol. The van der Waals surface area contributed by atoms with Crippen LogP contribution in [0.25, 0.3) is 0 Å². The number of hydrogen-bond donors (Lipinski definition) is 1.